The van der Waals surface area contributed by atoms with Crippen LogP contribution in [0, 0.1) is 6.92 Å². The van der Waals surface area contributed by atoms with Gasteiger partial charge in [-0.2, -0.15) is 0 Å². The van der Waals surface area contributed by atoms with Crippen LogP contribution in [0.5, 0.6) is 0 Å². The van der Waals surface area contributed by atoms with Gasteiger partial charge in [-0.05, 0) is 37.3 Å². The largest absolute Gasteiger partial charge is 0.395 e. The Morgan fingerprint density at radius 3 is 2.60 bits per heavy atom. The van der Waals surface area contributed by atoms with Crippen molar-refractivity contribution in [3.05, 3.63) is 46.7 Å². The fourth-order valence-electron chi connectivity index (χ4n) is 1.77. The highest BCUT2D eigenvalue weighted by Crippen LogP contribution is 2.19. The number of nitrogens with zero attached hydrogens (tertiary/aromatic N) is 2. The molecule has 0 radical (unpaired) electrons. The van der Waals surface area contributed by atoms with E-state index in [2.05, 4.69) is 9.97 Å². The summed E-state index contributed by atoms with van der Waals surface area (Å²) in [7, 11) is -1.11. The average molecular weight is 311 g/mol. The highest BCUT2D eigenvalue weighted by molar-refractivity contribution is 7.84. The molecule has 1 aromatic carbocycles. The second-order valence-corrected chi connectivity index (χ2v) is 6.36. The van der Waals surface area contributed by atoms with E-state index in [0.29, 0.717) is 22.3 Å². The minimum atomic E-state index is -1.11. The third kappa shape index (κ3) is 4.10. The molecule has 1 atom stereocenters. The Morgan fingerprint density at radius 1 is 1.25 bits per heavy atom. The molecular formula is C14H15ClN2O2S. The SMILES string of the molecule is Cc1cc(CS(=O)CCO)nc(-c2ccc(Cl)cc2)n1. The first-order valence-corrected chi connectivity index (χ1v) is 8.01. The van der Waals surface area contributed by atoms with E-state index < -0.39 is 10.8 Å². The number of hydrogen-bond donors (Lipinski definition) is 1. The minimum Gasteiger partial charge on any atom is -0.395 e. The molecule has 1 unspecified atom stereocenters. The Hall–Kier alpha value is -1.30. The molecule has 0 bridgehead atoms. The van der Waals surface area contributed by atoms with E-state index in [0.717, 1.165) is 11.3 Å². The molecule has 20 heavy (non-hydrogen) atoms. The predicted molar refractivity (Wildman–Crippen MR) is 81.0 cm³/mol. The Bertz CT molecular complexity index is 617. The molecule has 4 nitrogen and oxygen atoms in total. The Morgan fingerprint density at radius 2 is 1.95 bits per heavy atom. The van der Waals surface area contributed by atoms with Crippen molar-refractivity contribution in [3.63, 3.8) is 0 Å². The van der Waals surface area contributed by atoms with Gasteiger partial charge in [0.2, 0.25) is 0 Å². The van der Waals surface area contributed by atoms with E-state index in [1.807, 2.05) is 25.1 Å². The fraction of sp³-hybridized carbons (Fsp3) is 0.286. The maximum Gasteiger partial charge on any atom is 0.159 e. The van der Waals surface area contributed by atoms with Crippen molar-refractivity contribution in [1.29, 1.82) is 0 Å². The second-order valence-electron chi connectivity index (χ2n) is 4.34. The van der Waals surface area contributed by atoms with Crippen LogP contribution in [0.1, 0.15) is 11.4 Å². The van der Waals surface area contributed by atoms with Gasteiger partial charge in [0.05, 0.1) is 18.1 Å². The van der Waals surface area contributed by atoms with Crippen molar-refractivity contribution < 1.29 is 9.32 Å². The van der Waals surface area contributed by atoms with Gasteiger partial charge in [-0.15, -0.1) is 0 Å². The minimum absolute atomic E-state index is 0.0826. The average Bonchev–Trinajstić information content (AvgIpc) is 2.39. The van der Waals surface area contributed by atoms with E-state index >= 15 is 0 Å². The fourth-order valence-corrected chi connectivity index (χ4v) is 2.73. The zero-order chi connectivity index (χ0) is 14.5. The van der Waals surface area contributed by atoms with Gasteiger partial charge >= 0.3 is 0 Å². The monoisotopic (exact) mass is 310 g/mol. The van der Waals surface area contributed by atoms with Crippen LogP contribution >= 0.6 is 11.6 Å². The normalized spacial score (nSPS) is 12.3. The maximum atomic E-state index is 11.7. The van der Waals surface area contributed by atoms with Gasteiger partial charge in [0, 0.05) is 32.8 Å². The number of aromatic nitrogens is 2. The molecule has 1 aromatic heterocycles. The van der Waals surface area contributed by atoms with Gasteiger partial charge in [0.15, 0.2) is 5.82 Å². The van der Waals surface area contributed by atoms with Crippen LogP contribution in [-0.2, 0) is 16.6 Å². The van der Waals surface area contributed by atoms with Crippen molar-refractivity contribution in [2.45, 2.75) is 12.7 Å². The third-order valence-electron chi connectivity index (χ3n) is 2.64. The summed E-state index contributed by atoms with van der Waals surface area (Å²) in [5, 5.41) is 9.45. The van der Waals surface area contributed by atoms with Gasteiger partial charge in [0.1, 0.15) is 0 Å². The number of aliphatic hydroxyl groups is 1. The van der Waals surface area contributed by atoms with Gasteiger partial charge < -0.3 is 5.11 Å². The molecule has 0 aliphatic rings. The smallest absolute Gasteiger partial charge is 0.159 e. The van der Waals surface area contributed by atoms with Gasteiger partial charge in [-0.1, -0.05) is 11.6 Å². The number of aliphatic hydroxyl groups excluding tert-OH is 1. The summed E-state index contributed by atoms with van der Waals surface area (Å²) in [6.07, 6.45) is 0. The molecule has 6 heteroatoms. The van der Waals surface area contributed by atoms with Crippen molar-refractivity contribution in [3.8, 4) is 11.4 Å². The molecule has 2 aromatic rings. The summed E-state index contributed by atoms with van der Waals surface area (Å²) < 4.78 is 11.7. The van der Waals surface area contributed by atoms with Crippen LogP contribution < -0.4 is 0 Å². The van der Waals surface area contributed by atoms with E-state index in [4.69, 9.17) is 16.7 Å². The van der Waals surface area contributed by atoms with Crippen LogP contribution in [0.4, 0.5) is 0 Å². The van der Waals surface area contributed by atoms with E-state index in [1.54, 1.807) is 12.1 Å². The Kier molecular flexibility index (Phi) is 5.23. The lowest BCUT2D eigenvalue weighted by Crippen LogP contribution is -2.07. The zero-order valence-electron chi connectivity index (χ0n) is 11.0. The molecular weight excluding hydrogens is 296 g/mol. The molecule has 0 aliphatic heterocycles. The van der Waals surface area contributed by atoms with Crippen molar-refractivity contribution in [2.24, 2.45) is 0 Å². The van der Waals surface area contributed by atoms with Crippen LogP contribution in [0.15, 0.2) is 30.3 Å². The molecule has 106 valence electrons. The summed E-state index contributed by atoms with van der Waals surface area (Å²) in [6, 6.07) is 9.09. The molecule has 0 aliphatic carbocycles. The van der Waals surface area contributed by atoms with Crippen LogP contribution in [0.2, 0.25) is 5.02 Å². The van der Waals surface area contributed by atoms with Gasteiger partial charge in [-0.3, -0.25) is 4.21 Å². The molecule has 0 saturated carbocycles. The molecule has 1 N–H and O–H groups in total. The summed E-state index contributed by atoms with van der Waals surface area (Å²) >= 11 is 5.86. The zero-order valence-corrected chi connectivity index (χ0v) is 12.6. The van der Waals surface area contributed by atoms with E-state index in [-0.39, 0.29) is 12.4 Å². The first-order valence-electron chi connectivity index (χ1n) is 6.15. The van der Waals surface area contributed by atoms with Crippen LogP contribution in [0.3, 0.4) is 0 Å². The van der Waals surface area contributed by atoms with Gasteiger partial charge in [-0.25, -0.2) is 9.97 Å². The lowest BCUT2D eigenvalue weighted by Gasteiger charge is -2.06. The number of aryl methyl sites for hydroxylation is 1. The first kappa shape index (κ1) is 15.1. The van der Waals surface area contributed by atoms with Crippen molar-refractivity contribution >= 4 is 22.4 Å². The predicted octanol–water partition coefficient (Wildman–Crippen LogP) is 2.35. The van der Waals surface area contributed by atoms with Crippen LogP contribution in [-0.4, -0.2) is 31.6 Å². The quantitative estimate of drug-likeness (QED) is 0.921. The van der Waals surface area contributed by atoms with E-state index in [1.165, 1.54) is 0 Å². The number of rotatable bonds is 5. The topological polar surface area (TPSA) is 63.1 Å². The number of halogens is 1. The molecule has 1 heterocycles. The van der Waals surface area contributed by atoms with Crippen LogP contribution in [0.25, 0.3) is 11.4 Å². The summed E-state index contributed by atoms with van der Waals surface area (Å²) in [6.45, 7) is 1.79. The van der Waals surface area contributed by atoms with E-state index in [9.17, 15) is 4.21 Å². The summed E-state index contributed by atoms with van der Waals surface area (Å²) in [5.41, 5.74) is 2.41. The molecule has 0 fully saturated rings. The maximum absolute atomic E-state index is 11.7. The van der Waals surface area contributed by atoms with Gasteiger partial charge in [0.25, 0.3) is 0 Å². The lowest BCUT2D eigenvalue weighted by atomic mass is 10.2. The summed E-state index contributed by atoms with van der Waals surface area (Å²) in [5.74, 6) is 1.18. The molecule has 0 spiro atoms. The lowest BCUT2D eigenvalue weighted by molar-refractivity contribution is 0.321. The molecule has 0 saturated heterocycles. The third-order valence-corrected chi connectivity index (χ3v) is 4.15. The summed E-state index contributed by atoms with van der Waals surface area (Å²) in [4.78, 5) is 8.81. The highest BCUT2D eigenvalue weighted by atomic mass is 35.5. The molecule has 2 rings (SSSR count). The first-order chi connectivity index (χ1) is 9.58. The molecule has 0 amide bonds. The highest BCUT2D eigenvalue weighted by Gasteiger charge is 2.08. The second kappa shape index (κ2) is 6.92. The Labute approximate surface area is 125 Å². The standard InChI is InChI=1S/C14H15ClN2O2S/c1-10-8-13(9-20(19)7-6-18)17-14(16-10)11-2-4-12(15)5-3-11/h2-5,8,18H,6-7,9H2,1H3. The van der Waals surface area contributed by atoms with Crippen molar-refractivity contribution in [2.75, 3.05) is 12.4 Å². The Balaban J connectivity index is 2.28. The van der Waals surface area contributed by atoms with Crippen molar-refractivity contribution in [1.82, 2.24) is 9.97 Å². The number of benzene rings is 1. The number of hydrogen-bond acceptors (Lipinski definition) is 4.